The highest BCUT2D eigenvalue weighted by Gasteiger charge is 2.59. The van der Waals surface area contributed by atoms with E-state index in [9.17, 15) is 18.7 Å². The van der Waals surface area contributed by atoms with Gasteiger partial charge in [0.15, 0.2) is 12.1 Å². The van der Waals surface area contributed by atoms with Crippen LogP contribution in [-0.2, 0) is 17.9 Å². The minimum Gasteiger partial charge on any atom is -0.371 e. The third kappa shape index (κ3) is 3.89. The number of aliphatic hydroxyl groups is 1. The van der Waals surface area contributed by atoms with Gasteiger partial charge in [0.05, 0.1) is 24.2 Å². The molecular formula is C21H23F2N7O2. The van der Waals surface area contributed by atoms with Crippen LogP contribution in [0.4, 0.5) is 14.6 Å². The lowest BCUT2D eigenvalue weighted by atomic mass is 10.2. The van der Waals surface area contributed by atoms with E-state index in [2.05, 4.69) is 20.5 Å². The molecule has 2 unspecified atom stereocenters. The fraction of sp³-hybridized carbons (Fsp3) is 0.429. The predicted octanol–water partition coefficient (Wildman–Crippen LogP) is 1.66. The van der Waals surface area contributed by atoms with Crippen LogP contribution in [0.1, 0.15) is 42.1 Å². The number of halogens is 2. The lowest BCUT2D eigenvalue weighted by Crippen LogP contribution is -2.45. The molecule has 9 nitrogen and oxygen atoms in total. The third-order valence-electron chi connectivity index (χ3n) is 5.91. The van der Waals surface area contributed by atoms with Crippen molar-refractivity contribution < 1.29 is 18.7 Å². The highest BCUT2D eigenvalue weighted by molar-refractivity contribution is 5.96. The minimum atomic E-state index is -2.71. The largest absolute Gasteiger partial charge is 0.371 e. The van der Waals surface area contributed by atoms with Crippen molar-refractivity contribution in [2.75, 3.05) is 11.9 Å². The van der Waals surface area contributed by atoms with Crippen LogP contribution in [0, 0.1) is 0 Å². The van der Waals surface area contributed by atoms with E-state index >= 15 is 0 Å². The lowest BCUT2D eigenvalue weighted by Gasteiger charge is -2.22. The van der Waals surface area contributed by atoms with E-state index in [1.807, 2.05) is 30.3 Å². The number of aryl methyl sites for hydroxylation is 1. The molecule has 0 spiro atoms. The van der Waals surface area contributed by atoms with Crippen LogP contribution < -0.4 is 10.2 Å². The molecule has 3 aromatic rings. The molecule has 5 rings (SSSR count). The minimum absolute atomic E-state index is 0.164. The number of rotatable bonds is 6. The molecule has 2 aromatic heterocycles. The molecule has 0 radical (unpaired) electrons. The maximum atomic E-state index is 13.4. The standard InChI is InChI=1S/C21H23F2N7O2/c1-28-17-9-16(14-10-21(14,22)23)26-30(17)8-7-15(20(28)32)25-19(31)18-24-12-29(27-18)11-13-5-3-2-4-6-13/h2-6,9,12,14-15,19,25,31H,7-8,10-11H2,1H3/t14?,15-,19?/m1/s1. The van der Waals surface area contributed by atoms with Crippen molar-refractivity contribution in [3.05, 3.63) is 59.8 Å². The van der Waals surface area contributed by atoms with Gasteiger partial charge in [0.2, 0.25) is 5.91 Å². The van der Waals surface area contributed by atoms with E-state index in [1.54, 1.807) is 22.5 Å². The molecular weight excluding hydrogens is 420 g/mol. The second-order valence-electron chi connectivity index (χ2n) is 8.26. The summed E-state index contributed by atoms with van der Waals surface area (Å²) in [5.41, 5.74) is 1.36. The summed E-state index contributed by atoms with van der Waals surface area (Å²) in [7, 11) is 1.57. The van der Waals surface area contributed by atoms with Crippen molar-refractivity contribution in [2.45, 2.75) is 50.0 Å². The summed E-state index contributed by atoms with van der Waals surface area (Å²) in [5, 5.41) is 22.0. The summed E-state index contributed by atoms with van der Waals surface area (Å²) in [4.78, 5) is 18.5. The van der Waals surface area contributed by atoms with Gasteiger partial charge in [0, 0.05) is 26.1 Å². The normalized spacial score (nSPS) is 23.0. The Hall–Kier alpha value is -3.18. The molecule has 2 aliphatic rings. The van der Waals surface area contributed by atoms with E-state index in [-0.39, 0.29) is 18.2 Å². The Kier molecular flexibility index (Phi) is 5.01. The van der Waals surface area contributed by atoms with E-state index < -0.39 is 24.1 Å². The molecule has 0 bridgehead atoms. The fourth-order valence-electron chi connectivity index (χ4n) is 3.99. The highest BCUT2D eigenvalue weighted by Crippen LogP contribution is 2.55. The molecule has 1 fully saturated rings. The van der Waals surface area contributed by atoms with Gasteiger partial charge in [0.1, 0.15) is 12.1 Å². The average Bonchev–Trinajstić information content (AvgIpc) is 3.12. The van der Waals surface area contributed by atoms with E-state index in [4.69, 9.17) is 0 Å². The Morgan fingerprint density at radius 2 is 2.03 bits per heavy atom. The number of nitrogens with zero attached hydrogens (tertiary/aromatic N) is 6. The maximum Gasteiger partial charge on any atom is 0.257 e. The zero-order valence-electron chi connectivity index (χ0n) is 17.4. The first-order chi connectivity index (χ1) is 15.3. The Morgan fingerprint density at radius 3 is 2.75 bits per heavy atom. The lowest BCUT2D eigenvalue weighted by molar-refractivity contribution is -0.121. The van der Waals surface area contributed by atoms with E-state index in [1.165, 1.54) is 11.2 Å². The first-order valence-corrected chi connectivity index (χ1v) is 10.4. The quantitative estimate of drug-likeness (QED) is 0.562. The number of amides is 1. The number of hydrogen-bond acceptors (Lipinski definition) is 6. The first-order valence-electron chi connectivity index (χ1n) is 10.4. The van der Waals surface area contributed by atoms with Gasteiger partial charge in [-0.15, -0.1) is 0 Å². The smallest absolute Gasteiger partial charge is 0.257 e. The maximum absolute atomic E-state index is 13.4. The SMILES string of the molecule is CN1C(=O)[C@H](NC(O)c2ncn(Cc3ccccc3)n2)CCn2nc(C3CC3(F)F)cc21. The summed E-state index contributed by atoms with van der Waals surface area (Å²) < 4.78 is 30.0. The van der Waals surface area contributed by atoms with Crippen molar-refractivity contribution in [1.29, 1.82) is 0 Å². The summed E-state index contributed by atoms with van der Waals surface area (Å²) >= 11 is 0. The van der Waals surface area contributed by atoms with Crippen LogP contribution in [0.3, 0.4) is 0 Å². The number of alkyl halides is 2. The van der Waals surface area contributed by atoms with Gasteiger partial charge in [-0.2, -0.15) is 10.2 Å². The summed E-state index contributed by atoms with van der Waals surface area (Å²) in [6.45, 7) is 0.860. The van der Waals surface area contributed by atoms with Crippen molar-refractivity contribution in [3.8, 4) is 0 Å². The molecule has 2 N–H and O–H groups in total. The highest BCUT2D eigenvalue weighted by atomic mass is 19.3. The number of fused-ring (bicyclic) bond motifs is 1. The van der Waals surface area contributed by atoms with Gasteiger partial charge in [-0.1, -0.05) is 30.3 Å². The second-order valence-corrected chi connectivity index (χ2v) is 8.26. The van der Waals surface area contributed by atoms with Crippen LogP contribution in [0.15, 0.2) is 42.7 Å². The van der Waals surface area contributed by atoms with Crippen molar-refractivity contribution in [2.24, 2.45) is 0 Å². The first kappa shape index (κ1) is 20.7. The molecule has 1 aliphatic carbocycles. The Balaban J connectivity index is 1.25. The Bertz CT molecular complexity index is 1130. The van der Waals surface area contributed by atoms with Gasteiger partial charge in [-0.25, -0.2) is 23.1 Å². The monoisotopic (exact) mass is 443 g/mol. The predicted molar refractivity (Wildman–Crippen MR) is 110 cm³/mol. The number of likely N-dealkylation sites (N-methyl/N-ethyl adjacent to an activating group) is 1. The van der Waals surface area contributed by atoms with Crippen molar-refractivity contribution in [3.63, 3.8) is 0 Å². The number of benzene rings is 1. The van der Waals surface area contributed by atoms with Crippen LogP contribution in [0.5, 0.6) is 0 Å². The second kappa shape index (κ2) is 7.75. The van der Waals surface area contributed by atoms with Gasteiger partial charge in [-0.3, -0.25) is 15.0 Å². The number of anilines is 1. The van der Waals surface area contributed by atoms with Crippen LogP contribution >= 0.6 is 0 Å². The molecule has 1 aromatic carbocycles. The summed E-state index contributed by atoms with van der Waals surface area (Å²) in [6.07, 6.45) is 0.418. The van der Waals surface area contributed by atoms with Crippen LogP contribution in [0.25, 0.3) is 0 Å². The number of carbonyl (C=O) groups excluding carboxylic acids is 1. The molecule has 1 aliphatic heterocycles. The molecule has 168 valence electrons. The molecule has 1 amide bonds. The van der Waals surface area contributed by atoms with Crippen molar-refractivity contribution in [1.82, 2.24) is 29.9 Å². The fourth-order valence-corrected chi connectivity index (χ4v) is 3.99. The van der Waals surface area contributed by atoms with Gasteiger partial charge in [0.25, 0.3) is 5.92 Å². The van der Waals surface area contributed by atoms with Crippen LogP contribution in [0.2, 0.25) is 0 Å². The van der Waals surface area contributed by atoms with E-state index in [0.717, 1.165) is 5.56 Å². The third-order valence-corrected chi connectivity index (χ3v) is 5.91. The van der Waals surface area contributed by atoms with Crippen LogP contribution in [-0.4, -0.2) is 54.6 Å². The molecule has 3 heterocycles. The van der Waals surface area contributed by atoms with Gasteiger partial charge < -0.3 is 5.11 Å². The number of aromatic nitrogens is 5. The zero-order valence-corrected chi connectivity index (χ0v) is 17.4. The summed E-state index contributed by atoms with van der Waals surface area (Å²) in [5.74, 6) is -3.25. The topological polar surface area (TPSA) is 101 Å². The Morgan fingerprint density at radius 1 is 1.28 bits per heavy atom. The van der Waals surface area contributed by atoms with E-state index in [0.29, 0.717) is 31.0 Å². The molecule has 32 heavy (non-hydrogen) atoms. The number of aliphatic hydroxyl groups excluding tert-OH is 1. The molecule has 11 heteroatoms. The Labute approximate surface area is 182 Å². The number of nitrogens with one attached hydrogen (secondary N) is 1. The van der Waals surface area contributed by atoms with Gasteiger partial charge >= 0.3 is 0 Å². The van der Waals surface area contributed by atoms with Crippen molar-refractivity contribution >= 4 is 11.7 Å². The number of carbonyl (C=O) groups is 1. The molecule has 3 atom stereocenters. The molecule has 0 saturated heterocycles. The molecule has 1 saturated carbocycles. The average molecular weight is 443 g/mol. The van der Waals surface area contributed by atoms with Gasteiger partial charge in [-0.05, 0) is 12.0 Å². The zero-order chi connectivity index (χ0) is 22.5. The summed E-state index contributed by atoms with van der Waals surface area (Å²) in [6, 6.07) is 10.6. The number of hydrogen-bond donors (Lipinski definition) is 2.